The van der Waals surface area contributed by atoms with Crippen LogP contribution in [0.25, 0.3) is 0 Å². The van der Waals surface area contributed by atoms with E-state index in [9.17, 15) is 0 Å². The van der Waals surface area contributed by atoms with Crippen molar-refractivity contribution >= 4 is 0 Å². The van der Waals surface area contributed by atoms with Gasteiger partial charge in [-0.15, -0.1) is 6.58 Å². The predicted octanol–water partition coefficient (Wildman–Crippen LogP) is 3.87. The van der Waals surface area contributed by atoms with Gasteiger partial charge in [-0.3, -0.25) is 0 Å². The molecule has 0 atom stereocenters. The second kappa shape index (κ2) is 5.96. The van der Waals surface area contributed by atoms with E-state index in [4.69, 9.17) is 0 Å². The van der Waals surface area contributed by atoms with E-state index < -0.39 is 0 Å². The second-order valence-corrected chi connectivity index (χ2v) is 2.93. The molecule has 0 bridgehead atoms. The van der Waals surface area contributed by atoms with Crippen LogP contribution in [0.2, 0.25) is 0 Å². The lowest BCUT2D eigenvalue weighted by atomic mass is 10.1. The van der Waals surface area contributed by atoms with Gasteiger partial charge in [0.1, 0.15) is 0 Å². The number of hydrogen-bond donors (Lipinski definition) is 0. The van der Waals surface area contributed by atoms with Crippen molar-refractivity contribution < 1.29 is 0 Å². The largest absolute Gasteiger partial charge is 0.103 e. The molecule has 0 unspecified atom stereocenters. The third kappa shape index (κ3) is 5.65. The van der Waals surface area contributed by atoms with E-state index in [1.807, 2.05) is 6.08 Å². The molecule has 0 aromatic carbocycles. The maximum Gasteiger partial charge on any atom is -0.0133 e. The van der Waals surface area contributed by atoms with E-state index in [-0.39, 0.29) is 0 Å². The number of hydrogen-bond acceptors (Lipinski definition) is 0. The average molecular weight is 150 g/mol. The normalized spacial score (nSPS) is 11.0. The highest BCUT2D eigenvalue weighted by molar-refractivity contribution is 5.11. The lowest BCUT2D eigenvalue weighted by molar-refractivity contribution is 1.08. The summed E-state index contributed by atoms with van der Waals surface area (Å²) in [5, 5.41) is 0. The average Bonchev–Trinajstić information content (AvgIpc) is 1.97. The first-order valence-electron chi connectivity index (χ1n) is 4.09. The fourth-order valence-electron chi connectivity index (χ4n) is 0.840. The molecule has 0 saturated heterocycles. The van der Waals surface area contributed by atoms with E-state index >= 15 is 0 Å². The van der Waals surface area contributed by atoms with Crippen LogP contribution in [0.5, 0.6) is 0 Å². The zero-order valence-electron chi connectivity index (χ0n) is 7.85. The molecular weight excluding hydrogens is 132 g/mol. The van der Waals surface area contributed by atoms with Crippen molar-refractivity contribution in [3.05, 3.63) is 36.0 Å². The van der Waals surface area contributed by atoms with Crippen molar-refractivity contribution in [2.24, 2.45) is 0 Å². The van der Waals surface area contributed by atoms with Crippen LogP contribution < -0.4 is 0 Å². The summed E-state index contributed by atoms with van der Waals surface area (Å²) in [4.78, 5) is 0. The van der Waals surface area contributed by atoms with Crippen molar-refractivity contribution in [2.75, 3.05) is 0 Å². The van der Waals surface area contributed by atoms with Crippen LogP contribution in [-0.2, 0) is 0 Å². The number of rotatable bonds is 4. The molecule has 0 heteroatoms. The lowest BCUT2D eigenvalue weighted by Gasteiger charge is -1.98. The van der Waals surface area contributed by atoms with Gasteiger partial charge in [0.25, 0.3) is 0 Å². The Morgan fingerprint density at radius 2 is 1.91 bits per heavy atom. The van der Waals surface area contributed by atoms with E-state index in [0.29, 0.717) is 0 Å². The summed E-state index contributed by atoms with van der Waals surface area (Å²) in [6.45, 7) is 10.0. The molecule has 11 heavy (non-hydrogen) atoms. The first-order valence-corrected chi connectivity index (χ1v) is 4.09. The Balaban J connectivity index is 3.90. The Morgan fingerprint density at radius 3 is 2.27 bits per heavy atom. The Labute approximate surface area is 70.3 Å². The zero-order valence-corrected chi connectivity index (χ0v) is 7.85. The van der Waals surface area contributed by atoms with Crippen LogP contribution in [0.1, 0.15) is 33.6 Å². The second-order valence-electron chi connectivity index (χ2n) is 2.93. The highest BCUT2D eigenvalue weighted by Crippen LogP contribution is 2.09. The first-order chi connectivity index (χ1) is 5.20. The Kier molecular flexibility index (Phi) is 5.54. The predicted molar refractivity (Wildman–Crippen MR) is 52.6 cm³/mol. The van der Waals surface area contributed by atoms with Gasteiger partial charge in [-0.25, -0.2) is 0 Å². The molecule has 0 nitrogen and oxygen atoms in total. The molecule has 0 fully saturated rings. The van der Waals surface area contributed by atoms with E-state index in [0.717, 1.165) is 12.8 Å². The van der Waals surface area contributed by atoms with Gasteiger partial charge in [-0.05, 0) is 33.6 Å². The minimum atomic E-state index is 1.01. The molecular formula is C11H18. The molecule has 0 saturated carbocycles. The summed E-state index contributed by atoms with van der Waals surface area (Å²) in [6.07, 6.45) is 8.46. The summed E-state index contributed by atoms with van der Waals surface area (Å²) in [7, 11) is 0. The smallest absolute Gasteiger partial charge is 0.0133 e. The SMILES string of the molecule is C=CC/C(=C\C)CC=C(C)C. The lowest BCUT2D eigenvalue weighted by Crippen LogP contribution is -1.78. The summed E-state index contributed by atoms with van der Waals surface area (Å²) in [6, 6.07) is 0. The van der Waals surface area contributed by atoms with Crippen molar-refractivity contribution in [1.82, 2.24) is 0 Å². The highest BCUT2D eigenvalue weighted by Gasteiger charge is 1.89. The third-order valence-corrected chi connectivity index (χ3v) is 1.59. The molecule has 0 aliphatic rings. The van der Waals surface area contributed by atoms with E-state index in [1.54, 1.807) is 0 Å². The van der Waals surface area contributed by atoms with Crippen molar-refractivity contribution in [1.29, 1.82) is 0 Å². The minimum absolute atomic E-state index is 1.01. The first kappa shape index (κ1) is 10.2. The van der Waals surface area contributed by atoms with Gasteiger partial charge in [-0.2, -0.15) is 0 Å². The van der Waals surface area contributed by atoms with Gasteiger partial charge in [0.15, 0.2) is 0 Å². The van der Waals surface area contributed by atoms with E-state index in [2.05, 4.69) is 39.5 Å². The third-order valence-electron chi connectivity index (χ3n) is 1.59. The summed E-state index contributed by atoms with van der Waals surface area (Å²) >= 11 is 0. The van der Waals surface area contributed by atoms with Gasteiger partial charge in [-0.1, -0.05) is 29.4 Å². The van der Waals surface area contributed by atoms with Crippen molar-refractivity contribution in [2.45, 2.75) is 33.6 Å². The minimum Gasteiger partial charge on any atom is -0.103 e. The molecule has 0 N–H and O–H groups in total. The summed E-state index contributed by atoms with van der Waals surface area (Å²) in [5.74, 6) is 0. The fourth-order valence-corrected chi connectivity index (χ4v) is 0.840. The highest BCUT2D eigenvalue weighted by atomic mass is 13.9. The molecule has 0 radical (unpaired) electrons. The molecule has 0 spiro atoms. The molecule has 62 valence electrons. The Morgan fingerprint density at radius 1 is 1.27 bits per heavy atom. The molecule has 0 aliphatic carbocycles. The maximum absolute atomic E-state index is 3.71. The number of allylic oxidation sites excluding steroid dienone is 5. The maximum atomic E-state index is 3.71. The van der Waals surface area contributed by atoms with Gasteiger partial charge < -0.3 is 0 Å². The van der Waals surface area contributed by atoms with Gasteiger partial charge in [0, 0.05) is 0 Å². The Hall–Kier alpha value is -0.780. The van der Waals surface area contributed by atoms with Crippen LogP contribution in [0, 0.1) is 0 Å². The monoisotopic (exact) mass is 150 g/mol. The van der Waals surface area contributed by atoms with Crippen molar-refractivity contribution in [3.63, 3.8) is 0 Å². The van der Waals surface area contributed by atoms with Crippen LogP contribution in [0.15, 0.2) is 36.0 Å². The van der Waals surface area contributed by atoms with Crippen LogP contribution >= 0.6 is 0 Å². The van der Waals surface area contributed by atoms with Crippen LogP contribution in [0.4, 0.5) is 0 Å². The van der Waals surface area contributed by atoms with E-state index in [1.165, 1.54) is 11.1 Å². The Bertz CT molecular complexity index is 166. The fraction of sp³-hybridized carbons (Fsp3) is 0.455. The van der Waals surface area contributed by atoms with Gasteiger partial charge in [0.2, 0.25) is 0 Å². The topological polar surface area (TPSA) is 0 Å². The standard InChI is InChI=1S/C11H18/c1-5-7-11(6-2)9-8-10(3)4/h5-6,8H,1,7,9H2,2-4H3/b11-6+. The molecule has 0 rings (SSSR count). The zero-order chi connectivity index (χ0) is 8.69. The van der Waals surface area contributed by atoms with Crippen molar-refractivity contribution in [3.8, 4) is 0 Å². The molecule has 0 amide bonds. The summed E-state index contributed by atoms with van der Waals surface area (Å²) in [5.41, 5.74) is 2.83. The van der Waals surface area contributed by atoms with Gasteiger partial charge >= 0.3 is 0 Å². The molecule has 0 aromatic heterocycles. The summed E-state index contributed by atoms with van der Waals surface area (Å²) < 4.78 is 0. The van der Waals surface area contributed by atoms with Crippen LogP contribution in [0.3, 0.4) is 0 Å². The van der Waals surface area contributed by atoms with Crippen LogP contribution in [-0.4, -0.2) is 0 Å². The molecule has 0 heterocycles. The molecule has 0 aliphatic heterocycles. The quantitative estimate of drug-likeness (QED) is 0.534. The molecule has 0 aromatic rings. The van der Waals surface area contributed by atoms with Gasteiger partial charge in [0.05, 0.1) is 0 Å².